The van der Waals surface area contributed by atoms with Gasteiger partial charge in [0.2, 0.25) is 0 Å². The van der Waals surface area contributed by atoms with E-state index in [1.807, 2.05) is 104 Å². The van der Waals surface area contributed by atoms with E-state index < -0.39 is 11.2 Å². The molecule has 8 heteroatoms. The molecular formula is C60H55N3O5. The Balaban J connectivity index is 0.000000153. The van der Waals surface area contributed by atoms with Crippen molar-refractivity contribution in [1.29, 1.82) is 0 Å². The molecule has 8 nitrogen and oxygen atoms in total. The van der Waals surface area contributed by atoms with Crippen LogP contribution in [0.15, 0.2) is 152 Å². The highest BCUT2D eigenvalue weighted by Crippen LogP contribution is 2.59. The van der Waals surface area contributed by atoms with Gasteiger partial charge in [0.1, 0.15) is 11.5 Å². The molecule has 0 bridgehead atoms. The summed E-state index contributed by atoms with van der Waals surface area (Å²) in [7, 11) is 3.99. The average Bonchev–Trinajstić information content (AvgIpc) is 4.03. The van der Waals surface area contributed by atoms with Gasteiger partial charge >= 0.3 is 11.9 Å². The Morgan fingerprint density at radius 3 is 1.57 bits per heavy atom. The number of fused-ring (bicyclic) bond motifs is 11. The zero-order valence-electron chi connectivity index (χ0n) is 39.6. The molecular weight excluding hydrogens is 843 g/mol. The molecule has 9 aromatic rings. The molecule has 1 unspecified atom stereocenters. The number of ether oxygens (including phenoxy) is 3. The lowest BCUT2D eigenvalue weighted by Crippen LogP contribution is -2.33. The van der Waals surface area contributed by atoms with Crippen LogP contribution >= 0.6 is 0 Å². The molecule has 0 saturated carbocycles. The zero-order chi connectivity index (χ0) is 46.9. The van der Waals surface area contributed by atoms with Gasteiger partial charge in [0.25, 0.3) is 0 Å². The highest BCUT2D eigenvalue weighted by atomic mass is 16.6. The number of anilines is 1. The first-order valence-electron chi connectivity index (χ1n) is 24.0. The summed E-state index contributed by atoms with van der Waals surface area (Å²) < 4.78 is 24.3. The second-order valence-corrected chi connectivity index (χ2v) is 18.5. The zero-order valence-corrected chi connectivity index (χ0v) is 39.6. The molecule has 1 spiro atoms. The van der Waals surface area contributed by atoms with Gasteiger partial charge in [0.15, 0.2) is 11.2 Å². The number of unbranched alkanes of at least 4 members (excludes halogenated alkanes) is 2. The van der Waals surface area contributed by atoms with Crippen molar-refractivity contribution in [2.24, 2.45) is 0 Å². The maximum atomic E-state index is 13.6. The fourth-order valence-electron chi connectivity index (χ4n) is 11.4. The van der Waals surface area contributed by atoms with E-state index in [0.717, 1.165) is 111 Å². The molecule has 68 heavy (non-hydrogen) atoms. The smallest absolute Gasteiger partial charge is 0.340 e. The Morgan fingerprint density at radius 1 is 0.500 bits per heavy atom. The summed E-state index contributed by atoms with van der Waals surface area (Å²) in [5.74, 6) is 0.847. The van der Waals surface area contributed by atoms with Gasteiger partial charge in [0, 0.05) is 99.9 Å². The molecule has 0 radical (unpaired) electrons. The van der Waals surface area contributed by atoms with Crippen LogP contribution in [0, 0.1) is 13.8 Å². The van der Waals surface area contributed by atoms with Gasteiger partial charge in [-0.25, -0.2) is 9.59 Å². The van der Waals surface area contributed by atoms with Crippen molar-refractivity contribution in [1.82, 2.24) is 9.13 Å². The summed E-state index contributed by atoms with van der Waals surface area (Å²) in [6.07, 6.45) is 4.43. The van der Waals surface area contributed by atoms with Crippen molar-refractivity contribution in [2.45, 2.75) is 77.7 Å². The largest absolute Gasteiger partial charge is 0.456 e. The van der Waals surface area contributed by atoms with Gasteiger partial charge in [-0.1, -0.05) is 130 Å². The standard InChI is InChI=1S/C34H36N2O2.C26H19NO3/c1-5-7-21-35-23(3)31(26-16-10-13-19-29(26)35)34(28-18-12-9-15-25(28)33(37)38-34)32-24(4)36(22-8-6-2)30-20-14-11-17-27(30)32;1-27(2)17-12-13-21-23(15-17)29-22-14-11-16-7-3-4-8-18(16)24(22)26(21)20-10-6-5-9-19(20)25(28)30-26/h9-20H,5-8,21-22H2,1-4H3;3-15H,1-2H3. The van der Waals surface area contributed by atoms with Gasteiger partial charge in [-0.15, -0.1) is 0 Å². The fourth-order valence-corrected chi connectivity index (χ4v) is 11.4. The lowest BCUT2D eigenvalue weighted by atomic mass is 9.76. The van der Waals surface area contributed by atoms with Crippen molar-refractivity contribution in [3.63, 3.8) is 0 Å². The number of carbonyl (C=O) groups excluding carboxylic acids is 2. The van der Waals surface area contributed by atoms with E-state index >= 15 is 0 Å². The third kappa shape index (κ3) is 6.26. The monoisotopic (exact) mass is 897 g/mol. The van der Waals surface area contributed by atoms with Crippen LogP contribution < -0.4 is 9.64 Å². The fraction of sp³-hybridized carbons (Fsp3) is 0.233. The molecule has 12 rings (SSSR count). The van der Waals surface area contributed by atoms with Crippen LogP contribution in [0.25, 0.3) is 32.6 Å². The summed E-state index contributed by atoms with van der Waals surface area (Å²) in [5, 5.41) is 4.39. The number of cyclic esters (lactones) is 1. The Labute approximate surface area is 397 Å². The quantitative estimate of drug-likeness (QED) is 0.134. The third-order valence-corrected chi connectivity index (χ3v) is 14.5. The number of esters is 2. The molecule has 7 aromatic carbocycles. The summed E-state index contributed by atoms with van der Waals surface area (Å²) in [5.41, 5.74) is 10.6. The van der Waals surface area contributed by atoms with Crippen molar-refractivity contribution in [3.8, 4) is 11.5 Å². The minimum Gasteiger partial charge on any atom is -0.456 e. The number of hydrogen-bond acceptors (Lipinski definition) is 6. The first-order chi connectivity index (χ1) is 33.1. The van der Waals surface area contributed by atoms with Crippen LogP contribution in [0.5, 0.6) is 11.5 Å². The van der Waals surface area contributed by atoms with E-state index in [-0.39, 0.29) is 11.9 Å². The molecule has 0 N–H and O–H groups in total. The van der Waals surface area contributed by atoms with Crippen LogP contribution in [0.3, 0.4) is 0 Å². The molecule has 0 amide bonds. The molecule has 5 heterocycles. The Morgan fingerprint density at radius 2 is 1.00 bits per heavy atom. The van der Waals surface area contributed by atoms with Crippen LogP contribution in [-0.4, -0.2) is 35.2 Å². The van der Waals surface area contributed by atoms with Crippen molar-refractivity contribution >= 4 is 50.2 Å². The minimum absolute atomic E-state index is 0.254. The molecule has 3 aliphatic heterocycles. The van der Waals surface area contributed by atoms with E-state index in [4.69, 9.17) is 14.2 Å². The van der Waals surface area contributed by atoms with Crippen LogP contribution in [0.2, 0.25) is 0 Å². The van der Waals surface area contributed by atoms with E-state index in [2.05, 4.69) is 104 Å². The molecule has 2 aromatic heterocycles. The predicted molar refractivity (Wildman–Crippen MR) is 271 cm³/mol. The van der Waals surface area contributed by atoms with Crippen molar-refractivity contribution < 1.29 is 23.8 Å². The topological polar surface area (TPSA) is 74.9 Å². The number of hydrogen-bond donors (Lipinski definition) is 0. The van der Waals surface area contributed by atoms with E-state index in [1.54, 1.807) is 0 Å². The second-order valence-electron chi connectivity index (χ2n) is 18.5. The van der Waals surface area contributed by atoms with E-state index in [1.165, 1.54) is 11.0 Å². The second kappa shape index (κ2) is 16.6. The van der Waals surface area contributed by atoms with Crippen molar-refractivity contribution in [2.75, 3.05) is 19.0 Å². The number of para-hydroxylation sites is 2. The maximum absolute atomic E-state index is 13.6. The Kier molecular flexibility index (Phi) is 10.5. The summed E-state index contributed by atoms with van der Waals surface area (Å²) in [4.78, 5) is 28.7. The minimum atomic E-state index is -1.04. The molecule has 3 aliphatic rings. The molecule has 0 aliphatic carbocycles. The Hall–Kier alpha value is -7.58. The van der Waals surface area contributed by atoms with Crippen LogP contribution in [0.1, 0.15) is 105 Å². The number of rotatable bonds is 9. The third-order valence-electron chi connectivity index (χ3n) is 14.5. The van der Waals surface area contributed by atoms with Gasteiger partial charge in [-0.05, 0) is 79.9 Å². The highest BCUT2D eigenvalue weighted by Gasteiger charge is 2.55. The summed E-state index contributed by atoms with van der Waals surface area (Å²) >= 11 is 0. The lowest BCUT2D eigenvalue weighted by molar-refractivity contribution is 0.0226. The predicted octanol–water partition coefficient (Wildman–Crippen LogP) is 13.7. The highest BCUT2D eigenvalue weighted by molar-refractivity contribution is 6.02. The normalized spacial score (nSPS) is 16.1. The molecule has 0 fully saturated rings. The molecule has 1 atom stereocenters. The first-order valence-corrected chi connectivity index (χ1v) is 24.0. The number of aryl methyl sites for hydroxylation is 2. The average molecular weight is 898 g/mol. The molecule has 0 saturated heterocycles. The van der Waals surface area contributed by atoms with Crippen LogP contribution in [-0.2, 0) is 33.8 Å². The van der Waals surface area contributed by atoms with E-state index in [0.29, 0.717) is 22.6 Å². The lowest BCUT2D eigenvalue weighted by Gasteiger charge is -2.37. The molecule has 340 valence electrons. The first kappa shape index (κ1) is 43.0. The summed E-state index contributed by atoms with van der Waals surface area (Å²) in [6, 6.07) is 51.1. The van der Waals surface area contributed by atoms with Gasteiger partial charge in [-0.3, -0.25) is 0 Å². The summed E-state index contributed by atoms with van der Waals surface area (Å²) in [6.45, 7) is 10.7. The number of benzene rings is 7. The van der Waals surface area contributed by atoms with Gasteiger partial charge in [-0.2, -0.15) is 0 Å². The number of carbonyl (C=O) groups is 2. The van der Waals surface area contributed by atoms with Gasteiger partial charge in [0.05, 0.1) is 16.7 Å². The Bertz CT molecular complexity index is 3390. The van der Waals surface area contributed by atoms with E-state index in [9.17, 15) is 9.59 Å². The van der Waals surface area contributed by atoms with Gasteiger partial charge < -0.3 is 28.2 Å². The SMILES string of the molecule is CCCCn1c(C)c(C2(c3c(C)n(CCCC)c4ccccc34)OC(=O)c3ccccc32)c2ccccc21.CN(C)c1ccc2c(c1)Oc1ccc3ccccc3c1C21OC(=O)c2ccccc21. The number of nitrogens with zero attached hydrogens (tertiary/aromatic N) is 3. The van der Waals surface area contributed by atoms with Crippen molar-refractivity contribution in [3.05, 3.63) is 208 Å². The maximum Gasteiger partial charge on any atom is 0.340 e. The van der Waals surface area contributed by atoms with Crippen LogP contribution in [0.4, 0.5) is 5.69 Å². The number of aromatic nitrogens is 2.